The molecule has 34 heavy (non-hydrogen) atoms. The Morgan fingerprint density at radius 2 is 2.00 bits per heavy atom. The summed E-state index contributed by atoms with van der Waals surface area (Å²) in [7, 11) is 1.59. The molecule has 1 saturated carbocycles. The van der Waals surface area contributed by atoms with Crippen molar-refractivity contribution in [3.8, 4) is 5.75 Å². The van der Waals surface area contributed by atoms with Crippen LogP contribution in [0.1, 0.15) is 54.7 Å². The lowest BCUT2D eigenvalue weighted by molar-refractivity contribution is -0.136. The Hall–Kier alpha value is -1.93. The first kappa shape index (κ1) is 25.2. The third-order valence-corrected chi connectivity index (χ3v) is 7.77. The van der Waals surface area contributed by atoms with Crippen LogP contribution in [0.15, 0.2) is 35.7 Å². The second-order valence-electron chi connectivity index (χ2n) is 9.93. The number of carbonyl (C=O) groups excluding carboxylic acids is 1. The molecule has 2 aromatic rings. The quantitative estimate of drug-likeness (QED) is 0.490. The molecule has 0 spiro atoms. The molecule has 1 aromatic heterocycles. The zero-order valence-electron chi connectivity index (χ0n) is 20.6. The first-order chi connectivity index (χ1) is 16.4. The van der Waals surface area contributed by atoms with Crippen LogP contribution in [-0.2, 0) is 16.0 Å². The van der Waals surface area contributed by atoms with Gasteiger partial charge in [-0.3, -0.25) is 9.69 Å². The molecule has 4 rings (SSSR count). The van der Waals surface area contributed by atoms with E-state index in [0.717, 1.165) is 18.7 Å². The fourth-order valence-corrected chi connectivity index (χ4v) is 5.62. The Labute approximate surface area is 207 Å². The van der Waals surface area contributed by atoms with E-state index in [1.165, 1.54) is 28.8 Å². The number of methoxy groups -OCH3 is 1. The highest BCUT2D eigenvalue weighted by Crippen LogP contribution is 2.34. The average Bonchev–Trinajstić information content (AvgIpc) is 3.49. The highest BCUT2D eigenvalue weighted by atomic mass is 32.1. The molecule has 1 N–H and O–H groups in total. The average molecular weight is 487 g/mol. The van der Waals surface area contributed by atoms with Crippen molar-refractivity contribution < 1.29 is 19.4 Å². The molecule has 1 aromatic carbocycles. The highest BCUT2D eigenvalue weighted by Gasteiger charge is 2.34. The normalized spacial score (nSPS) is 18.9. The van der Waals surface area contributed by atoms with E-state index in [0.29, 0.717) is 38.1 Å². The monoisotopic (exact) mass is 486 g/mol. The summed E-state index contributed by atoms with van der Waals surface area (Å²) in [6, 6.07) is 10.3. The van der Waals surface area contributed by atoms with Gasteiger partial charge in [-0.05, 0) is 65.8 Å². The van der Waals surface area contributed by atoms with Gasteiger partial charge in [0.2, 0.25) is 5.91 Å². The molecule has 0 bridgehead atoms. The molecule has 0 radical (unpaired) electrons. The lowest BCUT2D eigenvalue weighted by Crippen LogP contribution is -2.48. The van der Waals surface area contributed by atoms with Crippen molar-refractivity contribution in [3.05, 3.63) is 51.7 Å². The van der Waals surface area contributed by atoms with Gasteiger partial charge in [-0.2, -0.15) is 0 Å². The number of rotatable bonds is 12. The molecule has 2 aliphatic rings. The molecule has 0 unspecified atom stereocenters. The Balaban J connectivity index is 1.44. The molecule has 0 saturated heterocycles. The lowest BCUT2D eigenvalue weighted by atomic mass is 10.00. The van der Waals surface area contributed by atoms with E-state index in [9.17, 15) is 9.90 Å². The molecule has 1 aliphatic carbocycles. The molecular weight excluding hydrogens is 448 g/mol. The van der Waals surface area contributed by atoms with Crippen LogP contribution < -0.4 is 4.74 Å². The lowest BCUT2D eigenvalue weighted by Gasteiger charge is -2.37. The zero-order chi connectivity index (χ0) is 24.1. The van der Waals surface area contributed by atoms with Crippen LogP contribution in [0.5, 0.6) is 5.75 Å². The number of nitrogens with zero attached hydrogens (tertiary/aromatic N) is 2. The molecule has 7 heteroatoms. The van der Waals surface area contributed by atoms with Gasteiger partial charge in [-0.15, -0.1) is 11.3 Å². The van der Waals surface area contributed by atoms with E-state index in [1.54, 1.807) is 18.4 Å². The molecule has 1 aliphatic heterocycles. The first-order valence-electron chi connectivity index (χ1n) is 12.4. The fraction of sp³-hybridized carbons (Fsp3) is 0.593. The SMILES string of the molecule is COC[C@@H](O)CN(CC(=O)N1CCc2sccc2[C@H]1COc1ccc(C(C)C)cc1)CC1CC1. The third-order valence-electron chi connectivity index (χ3n) is 6.77. The van der Waals surface area contributed by atoms with Gasteiger partial charge in [0.1, 0.15) is 12.4 Å². The number of aliphatic hydroxyl groups is 1. The minimum absolute atomic E-state index is 0.0982. The number of hydrogen-bond donors (Lipinski definition) is 1. The zero-order valence-corrected chi connectivity index (χ0v) is 21.4. The van der Waals surface area contributed by atoms with Gasteiger partial charge in [0.15, 0.2) is 0 Å². The predicted octanol–water partition coefficient (Wildman–Crippen LogP) is 4.10. The van der Waals surface area contributed by atoms with Crippen LogP contribution in [-0.4, -0.2) is 73.4 Å². The Morgan fingerprint density at radius 3 is 2.68 bits per heavy atom. The van der Waals surface area contributed by atoms with E-state index in [4.69, 9.17) is 9.47 Å². The molecule has 1 fully saturated rings. The molecule has 186 valence electrons. The topological polar surface area (TPSA) is 62.2 Å². The van der Waals surface area contributed by atoms with Gasteiger partial charge in [0.25, 0.3) is 0 Å². The number of amides is 1. The van der Waals surface area contributed by atoms with Crippen LogP contribution >= 0.6 is 11.3 Å². The summed E-state index contributed by atoms with van der Waals surface area (Å²) in [5.74, 6) is 2.05. The summed E-state index contributed by atoms with van der Waals surface area (Å²) in [6.45, 7) is 7.40. The molecular formula is C27H38N2O4S. The van der Waals surface area contributed by atoms with E-state index in [2.05, 4.69) is 42.3 Å². The standard InChI is InChI=1S/C27H38N2O4S/c1-19(2)21-6-8-23(9-7-21)33-18-25-24-11-13-34-26(24)10-12-29(25)27(31)16-28(14-20-4-5-20)15-22(30)17-32-3/h6-9,11,13,19-20,22,25,30H,4-5,10,12,14-18H2,1-3H3/t22-,25+/m0/s1. The van der Waals surface area contributed by atoms with Gasteiger partial charge in [-0.1, -0.05) is 26.0 Å². The summed E-state index contributed by atoms with van der Waals surface area (Å²) in [5.41, 5.74) is 2.49. The van der Waals surface area contributed by atoms with Gasteiger partial charge in [-0.25, -0.2) is 0 Å². The van der Waals surface area contributed by atoms with Gasteiger partial charge >= 0.3 is 0 Å². The molecule has 6 nitrogen and oxygen atoms in total. The van der Waals surface area contributed by atoms with E-state index < -0.39 is 6.10 Å². The molecule has 2 heterocycles. The van der Waals surface area contributed by atoms with Crippen LogP contribution in [0.25, 0.3) is 0 Å². The van der Waals surface area contributed by atoms with Crippen molar-refractivity contribution in [1.82, 2.24) is 9.80 Å². The maximum Gasteiger partial charge on any atom is 0.237 e. The fourth-order valence-electron chi connectivity index (χ4n) is 4.69. The number of hydrogen-bond acceptors (Lipinski definition) is 6. The Bertz CT molecular complexity index is 925. The van der Waals surface area contributed by atoms with Crippen molar-refractivity contribution in [3.63, 3.8) is 0 Å². The number of ether oxygens (including phenoxy) is 2. The number of thiophene rings is 1. The van der Waals surface area contributed by atoms with E-state index >= 15 is 0 Å². The van der Waals surface area contributed by atoms with Crippen LogP contribution in [0.2, 0.25) is 0 Å². The number of carbonyl (C=O) groups is 1. The number of benzene rings is 1. The molecule has 1 amide bonds. The summed E-state index contributed by atoms with van der Waals surface area (Å²) >= 11 is 1.76. The van der Waals surface area contributed by atoms with Crippen LogP contribution in [0.3, 0.4) is 0 Å². The van der Waals surface area contributed by atoms with Gasteiger partial charge in [0.05, 0.1) is 25.3 Å². The van der Waals surface area contributed by atoms with Crippen LogP contribution in [0, 0.1) is 5.92 Å². The van der Waals surface area contributed by atoms with Crippen molar-refractivity contribution in [1.29, 1.82) is 0 Å². The summed E-state index contributed by atoms with van der Waals surface area (Å²) in [6.07, 6.45) is 2.71. The summed E-state index contributed by atoms with van der Waals surface area (Å²) in [5, 5.41) is 12.4. The second kappa shape index (κ2) is 11.7. The number of fused-ring (bicyclic) bond motifs is 1. The summed E-state index contributed by atoms with van der Waals surface area (Å²) in [4.78, 5) is 19.0. The second-order valence-corrected chi connectivity index (χ2v) is 10.9. The minimum Gasteiger partial charge on any atom is -0.491 e. The van der Waals surface area contributed by atoms with Crippen molar-refractivity contribution >= 4 is 17.2 Å². The predicted molar refractivity (Wildman–Crippen MR) is 136 cm³/mol. The summed E-state index contributed by atoms with van der Waals surface area (Å²) < 4.78 is 11.3. The van der Waals surface area contributed by atoms with Crippen molar-refractivity contribution in [2.24, 2.45) is 5.92 Å². The van der Waals surface area contributed by atoms with Crippen molar-refractivity contribution in [2.75, 3.05) is 46.5 Å². The third kappa shape index (κ3) is 6.60. The highest BCUT2D eigenvalue weighted by molar-refractivity contribution is 7.10. The van der Waals surface area contributed by atoms with Gasteiger partial charge < -0.3 is 19.5 Å². The van der Waals surface area contributed by atoms with E-state index in [-0.39, 0.29) is 18.6 Å². The Morgan fingerprint density at radius 1 is 1.24 bits per heavy atom. The molecule has 2 atom stereocenters. The smallest absolute Gasteiger partial charge is 0.237 e. The number of aliphatic hydroxyl groups excluding tert-OH is 1. The Kier molecular flexibility index (Phi) is 8.64. The minimum atomic E-state index is -0.589. The maximum atomic E-state index is 13.5. The maximum absolute atomic E-state index is 13.5. The van der Waals surface area contributed by atoms with Crippen molar-refractivity contribution in [2.45, 2.75) is 51.2 Å². The largest absolute Gasteiger partial charge is 0.491 e. The van der Waals surface area contributed by atoms with E-state index in [1.807, 2.05) is 17.0 Å². The first-order valence-corrected chi connectivity index (χ1v) is 13.3. The van der Waals surface area contributed by atoms with Crippen LogP contribution in [0.4, 0.5) is 0 Å². The van der Waals surface area contributed by atoms with Gasteiger partial charge in [0, 0.05) is 31.6 Å².